The van der Waals surface area contributed by atoms with E-state index in [2.05, 4.69) is 36.6 Å². The average Bonchev–Trinajstić information content (AvgIpc) is 3.53. The first kappa shape index (κ1) is 18.3. The van der Waals surface area contributed by atoms with Crippen LogP contribution in [0, 0.1) is 0 Å². The highest BCUT2D eigenvalue weighted by molar-refractivity contribution is 5.94. The van der Waals surface area contributed by atoms with Crippen LogP contribution in [-0.4, -0.2) is 43.1 Å². The zero-order valence-corrected chi connectivity index (χ0v) is 16.5. The van der Waals surface area contributed by atoms with Crippen molar-refractivity contribution in [1.82, 2.24) is 29.4 Å². The quantitative estimate of drug-likeness (QED) is 0.415. The highest BCUT2D eigenvalue weighted by atomic mass is 16.6. The maximum Gasteiger partial charge on any atom is 0.144 e. The van der Waals surface area contributed by atoms with E-state index in [0.717, 1.165) is 34.8 Å². The highest BCUT2D eigenvalue weighted by Crippen LogP contribution is 2.35. The van der Waals surface area contributed by atoms with Crippen molar-refractivity contribution >= 4 is 11.0 Å². The molecule has 0 atom stereocenters. The van der Waals surface area contributed by atoms with E-state index in [1.807, 2.05) is 55.2 Å². The number of fused-ring (bicyclic) bond motifs is 1. The standard InChI is InChI=1S/C22H20N6O2/c1-29-11-10-27-14-23-12-17(27)13-28-15-24-20(16-6-3-2-4-7-16)22(28)18-8-5-9-19-21(18)26-30-25-19/h2-9,12,14-15H,10-11,13H2,1H3. The Morgan fingerprint density at radius 3 is 2.73 bits per heavy atom. The second-order valence-electron chi connectivity index (χ2n) is 6.94. The summed E-state index contributed by atoms with van der Waals surface area (Å²) in [5.74, 6) is 0. The molecule has 8 heteroatoms. The van der Waals surface area contributed by atoms with Gasteiger partial charge in [-0.2, -0.15) is 0 Å². The summed E-state index contributed by atoms with van der Waals surface area (Å²) < 4.78 is 14.4. The molecule has 0 amide bonds. The minimum atomic E-state index is 0.612. The lowest BCUT2D eigenvalue weighted by Gasteiger charge is -2.13. The summed E-state index contributed by atoms with van der Waals surface area (Å²) in [6.07, 6.45) is 5.56. The number of aromatic nitrogens is 6. The number of rotatable bonds is 7. The molecule has 0 radical (unpaired) electrons. The fourth-order valence-electron chi connectivity index (χ4n) is 3.63. The number of methoxy groups -OCH3 is 1. The Hall–Kier alpha value is -3.78. The lowest BCUT2D eigenvalue weighted by molar-refractivity contribution is 0.186. The summed E-state index contributed by atoms with van der Waals surface area (Å²) in [4.78, 5) is 9.07. The van der Waals surface area contributed by atoms with E-state index in [1.54, 1.807) is 7.11 Å². The molecule has 30 heavy (non-hydrogen) atoms. The highest BCUT2D eigenvalue weighted by Gasteiger charge is 2.20. The van der Waals surface area contributed by atoms with Crippen LogP contribution < -0.4 is 0 Å². The molecule has 5 rings (SSSR count). The third-order valence-corrected chi connectivity index (χ3v) is 5.09. The van der Waals surface area contributed by atoms with E-state index in [9.17, 15) is 0 Å². The van der Waals surface area contributed by atoms with Gasteiger partial charge in [0.05, 0.1) is 42.9 Å². The molecule has 0 saturated carbocycles. The van der Waals surface area contributed by atoms with Gasteiger partial charge in [0.15, 0.2) is 0 Å². The Kier molecular flexibility index (Phi) is 4.82. The van der Waals surface area contributed by atoms with Crippen LogP contribution in [0.2, 0.25) is 0 Å². The molecule has 3 aromatic heterocycles. The van der Waals surface area contributed by atoms with Crippen LogP contribution in [0.15, 0.2) is 72.0 Å². The van der Waals surface area contributed by atoms with E-state index in [0.29, 0.717) is 24.2 Å². The fourth-order valence-corrected chi connectivity index (χ4v) is 3.63. The van der Waals surface area contributed by atoms with Gasteiger partial charge in [0.1, 0.15) is 11.0 Å². The van der Waals surface area contributed by atoms with E-state index < -0.39 is 0 Å². The molecule has 0 N–H and O–H groups in total. The fraction of sp³-hybridized carbons (Fsp3) is 0.182. The summed E-state index contributed by atoms with van der Waals surface area (Å²) in [5, 5.41) is 8.15. The van der Waals surface area contributed by atoms with Gasteiger partial charge in [-0.3, -0.25) is 0 Å². The number of nitrogens with zero attached hydrogens (tertiary/aromatic N) is 6. The molecule has 3 heterocycles. The van der Waals surface area contributed by atoms with Crippen LogP contribution in [0.4, 0.5) is 0 Å². The van der Waals surface area contributed by atoms with Crippen LogP contribution in [0.25, 0.3) is 33.5 Å². The smallest absolute Gasteiger partial charge is 0.144 e. The van der Waals surface area contributed by atoms with E-state index in [4.69, 9.17) is 14.3 Å². The normalized spacial score (nSPS) is 11.4. The van der Waals surface area contributed by atoms with Crippen LogP contribution in [-0.2, 0) is 17.8 Å². The summed E-state index contributed by atoms with van der Waals surface area (Å²) >= 11 is 0. The van der Waals surface area contributed by atoms with Crippen molar-refractivity contribution in [2.45, 2.75) is 13.1 Å². The van der Waals surface area contributed by atoms with Crippen molar-refractivity contribution in [3.63, 3.8) is 0 Å². The summed E-state index contributed by atoms with van der Waals surface area (Å²) in [7, 11) is 1.70. The predicted molar refractivity (Wildman–Crippen MR) is 112 cm³/mol. The maximum atomic E-state index is 5.22. The lowest BCUT2D eigenvalue weighted by atomic mass is 10.0. The molecule has 0 saturated heterocycles. The molecule has 0 bridgehead atoms. The maximum absolute atomic E-state index is 5.22. The van der Waals surface area contributed by atoms with E-state index in [-0.39, 0.29) is 0 Å². The van der Waals surface area contributed by atoms with Gasteiger partial charge in [-0.05, 0) is 16.4 Å². The topological polar surface area (TPSA) is 83.8 Å². The zero-order chi connectivity index (χ0) is 20.3. The van der Waals surface area contributed by atoms with Gasteiger partial charge in [-0.1, -0.05) is 42.5 Å². The Balaban J connectivity index is 1.65. The molecule has 0 fully saturated rings. The number of ether oxygens (including phenoxy) is 1. The first-order valence-corrected chi connectivity index (χ1v) is 9.65. The Morgan fingerprint density at radius 1 is 0.967 bits per heavy atom. The monoisotopic (exact) mass is 400 g/mol. The van der Waals surface area contributed by atoms with Crippen molar-refractivity contribution < 1.29 is 9.37 Å². The van der Waals surface area contributed by atoms with Gasteiger partial charge in [0, 0.05) is 31.0 Å². The molecular weight excluding hydrogens is 380 g/mol. The van der Waals surface area contributed by atoms with Crippen molar-refractivity contribution in [3.8, 4) is 22.5 Å². The van der Waals surface area contributed by atoms with Gasteiger partial charge in [-0.25, -0.2) is 14.6 Å². The third-order valence-electron chi connectivity index (χ3n) is 5.09. The van der Waals surface area contributed by atoms with Crippen LogP contribution in [0.3, 0.4) is 0 Å². The molecule has 0 unspecified atom stereocenters. The molecule has 0 aliphatic heterocycles. The average molecular weight is 400 g/mol. The minimum Gasteiger partial charge on any atom is -0.383 e. The molecular formula is C22H20N6O2. The molecule has 2 aromatic carbocycles. The van der Waals surface area contributed by atoms with Crippen molar-refractivity contribution in [2.24, 2.45) is 0 Å². The summed E-state index contributed by atoms with van der Waals surface area (Å²) in [6.45, 7) is 1.98. The molecule has 150 valence electrons. The first-order valence-electron chi connectivity index (χ1n) is 9.65. The first-order chi connectivity index (χ1) is 14.8. The lowest BCUT2D eigenvalue weighted by Crippen LogP contribution is -2.10. The van der Waals surface area contributed by atoms with Gasteiger partial charge in [0.25, 0.3) is 0 Å². The Bertz CT molecular complexity index is 1270. The minimum absolute atomic E-state index is 0.612. The predicted octanol–water partition coefficient (Wildman–Crippen LogP) is 3.64. The van der Waals surface area contributed by atoms with Gasteiger partial charge >= 0.3 is 0 Å². The summed E-state index contributed by atoms with van der Waals surface area (Å²) in [5.41, 5.74) is 6.29. The van der Waals surface area contributed by atoms with Crippen molar-refractivity contribution in [2.75, 3.05) is 13.7 Å². The van der Waals surface area contributed by atoms with Crippen LogP contribution >= 0.6 is 0 Å². The Morgan fingerprint density at radius 2 is 1.87 bits per heavy atom. The largest absolute Gasteiger partial charge is 0.383 e. The Labute approximate surface area is 172 Å². The third kappa shape index (κ3) is 3.27. The van der Waals surface area contributed by atoms with Gasteiger partial charge in [-0.15, -0.1) is 0 Å². The van der Waals surface area contributed by atoms with Crippen LogP contribution in [0.5, 0.6) is 0 Å². The van der Waals surface area contributed by atoms with Crippen LogP contribution in [0.1, 0.15) is 5.69 Å². The number of hydrogen-bond donors (Lipinski definition) is 0. The SMILES string of the molecule is COCCn1cncc1Cn1cnc(-c2ccccc2)c1-c1cccc2nonc12. The molecule has 5 aromatic rings. The second kappa shape index (κ2) is 7.92. The molecule has 0 aliphatic carbocycles. The van der Waals surface area contributed by atoms with Gasteiger partial charge in [0.2, 0.25) is 0 Å². The molecule has 8 nitrogen and oxygen atoms in total. The number of hydrogen-bond acceptors (Lipinski definition) is 6. The van der Waals surface area contributed by atoms with E-state index >= 15 is 0 Å². The molecule has 0 spiro atoms. The van der Waals surface area contributed by atoms with Crippen molar-refractivity contribution in [1.29, 1.82) is 0 Å². The van der Waals surface area contributed by atoms with E-state index in [1.165, 1.54) is 0 Å². The number of benzene rings is 2. The second-order valence-corrected chi connectivity index (χ2v) is 6.94. The van der Waals surface area contributed by atoms with Crippen molar-refractivity contribution in [3.05, 3.63) is 73.1 Å². The van der Waals surface area contributed by atoms with Gasteiger partial charge < -0.3 is 13.9 Å². The summed E-state index contributed by atoms with van der Waals surface area (Å²) in [6, 6.07) is 16.0. The zero-order valence-electron chi connectivity index (χ0n) is 16.5. The number of imidazole rings is 2. The molecule has 0 aliphatic rings.